The van der Waals surface area contributed by atoms with E-state index in [1.54, 1.807) is 24.4 Å². The van der Waals surface area contributed by atoms with E-state index in [1.807, 2.05) is 31.2 Å². The van der Waals surface area contributed by atoms with Crippen LogP contribution in [0.2, 0.25) is 0 Å². The normalized spacial score (nSPS) is 12.1. The number of fused-ring (bicyclic) bond motifs is 1. The van der Waals surface area contributed by atoms with Gasteiger partial charge in [-0.3, -0.25) is 14.0 Å². The van der Waals surface area contributed by atoms with E-state index in [0.29, 0.717) is 5.65 Å². The first-order valence-corrected chi connectivity index (χ1v) is 7.55. The van der Waals surface area contributed by atoms with Crippen LogP contribution in [0, 0.1) is 6.92 Å². The third-order valence-corrected chi connectivity index (χ3v) is 3.78. The highest BCUT2D eigenvalue weighted by Gasteiger charge is 2.18. The molecule has 1 amide bonds. The molecule has 0 saturated carbocycles. The highest BCUT2D eigenvalue weighted by atomic mass is 16.3. The summed E-state index contributed by atoms with van der Waals surface area (Å²) < 4.78 is 1.35. The van der Waals surface area contributed by atoms with Gasteiger partial charge in [-0.05, 0) is 24.1 Å². The summed E-state index contributed by atoms with van der Waals surface area (Å²) >= 11 is 0. The van der Waals surface area contributed by atoms with Crippen LogP contribution >= 0.6 is 0 Å². The first-order chi connectivity index (χ1) is 11.6. The number of pyridine rings is 1. The number of amides is 1. The number of nitrogens with one attached hydrogen (secondary N) is 1. The number of aryl methyl sites for hydroxylation is 1. The largest absolute Gasteiger partial charge is 0.394 e. The van der Waals surface area contributed by atoms with Gasteiger partial charge in [0.1, 0.15) is 11.2 Å². The second-order valence-corrected chi connectivity index (χ2v) is 5.53. The molecular formula is C18H17N3O3. The molecule has 0 aliphatic heterocycles. The lowest BCUT2D eigenvalue weighted by Gasteiger charge is -2.16. The maximum absolute atomic E-state index is 12.5. The smallest absolute Gasteiger partial charge is 0.270 e. The van der Waals surface area contributed by atoms with E-state index in [1.165, 1.54) is 10.6 Å². The van der Waals surface area contributed by atoms with Gasteiger partial charge in [0, 0.05) is 12.4 Å². The third-order valence-electron chi connectivity index (χ3n) is 3.78. The molecule has 1 atom stereocenters. The molecule has 2 aromatic heterocycles. The maximum atomic E-state index is 12.5. The quantitative estimate of drug-likeness (QED) is 0.761. The van der Waals surface area contributed by atoms with Gasteiger partial charge in [0.2, 0.25) is 0 Å². The Morgan fingerprint density at radius 2 is 2.00 bits per heavy atom. The van der Waals surface area contributed by atoms with Crippen LogP contribution in [0.3, 0.4) is 0 Å². The molecule has 24 heavy (non-hydrogen) atoms. The molecule has 0 spiro atoms. The van der Waals surface area contributed by atoms with Crippen LogP contribution < -0.4 is 10.9 Å². The fourth-order valence-electron chi connectivity index (χ4n) is 2.49. The van der Waals surface area contributed by atoms with Gasteiger partial charge in [-0.2, -0.15) is 0 Å². The van der Waals surface area contributed by atoms with E-state index < -0.39 is 17.5 Å². The molecule has 0 aliphatic carbocycles. The van der Waals surface area contributed by atoms with Gasteiger partial charge < -0.3 is 10.4 Å². The number of nitrogens with zero attached hydrogens (tertiary/aromatic N) is 2. The zero-order valence-corrected chi connectivity index (χ0v) is 13.1. The Balaban J connectivity index is 1.94. The summed E-state index contributed by atoms with van der Waals surface area (Å²) in [5.41, 5.74) is 1.63. The molecule has 0 saturated heterocycles. The van der Waals surface area contributed by atoms with Crippen molar-refractivity contribution in [2.24, 2.45) is 0 Å². The van der Waals surface area contributed by atoms with Crippen molar-refractivity contribution < 1.29 is 9.90 Å². The predicted molar refractivity (Wildman–Crippen MR) is 89.9 cm³/mol. The van der Waals surface area contributed by atoms with Crippen LogP contribution in [0.15, 0.2) is 59.7 Å². The molecule has 0 fully saturated rings. The number of rotatable bonds is 4. The molecule has 6 heteroatoms. The van der Waals surface area contributed by atoms with E-state index in [4.69, 9.17) is 0 Å². The van der Waals surface area contributed by atoms with Gasteiger partial charge in [-0.25, -0.2) is 4.98 Å². The Labute approximate surface area is 138 Å². The lowest BCUT2D eigenvalue weighted by Crippen LogP contribution is -2.35. The van der Waals surface area contributed by atoms with Gasteiger partial charge in [0.25, 0.3) is 11.5 Å². The number of hydrogen-bond acceptors (Lipinski definition) is 4. The summed E-state index contributed by atoms with van der Waals surface area (Å²) in [4.78, 5) is 29.1. The van der Waals surface area contributed by atoms with Crippen molar-refractivity contribution in [1.29, 1.82) is 0 Å². The lowest BCUT2D eigenvalue weighted by molar-refractivity contribution is 0.0914. The van der Waals surface area contributed by atoms with Crippen LogP contribution in [0.5, 0.6) is 0 Å². The minimum atomic E-state index is -0.587. The van der Waals surface area contributed by atoms with Crippen molar-refractivity contribution >= 4 is 11.6 Å². The molecule has 6 nitrogen and oxygen atoms in total. The van der Waals surface area contributed by atoms with E-state index >= 15 is 0 Å². The highest BCUT2D eigenvalue weighted by molar-refractivity contribution is 5.94. The van der Waals surface area contributed by atoms with Crippen LogP contribution in [-0.4, -0.2) is 27.0 Å². The second-order valence-electron chi connectivity index (χ2n) is 5.53. The van der Waals surface area contributed by atoms with E-state index in [2.05, 4.69) is 10.3 Å². The molecule has 1 unspecified atom stereocenters. The number of carbonyl (C=O) groups is 1. The van der Waals surface area contributed by atoms with Gasteiger partial charge in [-0.15, -0.1) is 0 Å². The summed E-state index contributed by atoms with van der Waals surface area (Å²) in [7, 11) is 0. The first kappa shape index (κ1) is 15.9. The number of hydrogen-bond donors (Lipinski definition) is 2. The zero-order chi connectivity index (χ0) is 17.1. The van der Waals surface area contributed by atoms with Crippen molar-refractivity contribution in [3.8, 4) is 0 Å². The molecule has 1 aromatic carbocycles. The fraction of sp³-hybridized carbons (Fsp3) is 0.167. The summed E-state index contributed by atoms with van der Waals surface area (Å²) in [6.07, 6.45) is 2.91. The SMILES string of the molecule is Cc1ccc2ncc(C(=O)NC(CO)c3ccccc3)c(=O)n2c1. The van der Waals surface area contributed by atoms with Crippen LogP contribution in [-0.2, 0) is 0 Å². The maximum Gasteiger partial charge on any atom is 0.270 e. The first-order valence-electron chi connectivity index (χ1n) is 7.55. The topological polar surface area (TPSA) is 83.7 Å². The molecule has 2 heterocycles. The Morgan fingerprint density at radius 3 is 2.71 bits per heavy atom. The van der Waals surface area contributed by atoms with Gasteiger partial charge in [0.05, 0.1) is 12.6 Å². The average Bonchev–Trinajstić information content (AvgIpc) is 2.61. The van der Waals surface area contributed by atoms with Gasteiger partial charge >= 0.3 is 0 Å². The summed E-state index contributed by atoms with van der Waals surface area (Å²) in [6, 6.07) is 12.1. The Kier molecular flexibility index (Phi) is 4.39. The molecule has 3 rings (SSSR count). The van der Waals surface area contributed by atoms with Crippen molar-refractivity contribution in [1.82, 2.24) is 14.7 Å². The molecular weight excluding hydrogens is 306 g/mol. The van der Waals surface area contributed by atoms with E-state index in [-0.39, 0.29) is 12.2 Å². The van der Waals surface area contributed by atoms with Crippen LogP contribution in [0.25, 0.3) is 5.65 Å². The predicted octanol–water partition coefficient (Wildman–Crippen LogP) is 1.47. The molecule has 2 N–H and O–H groups in total. The standard InChI is InChI=1S/C18H17N3O3/c1-12-7-8-16-19-9-14(18(24)21(16)10-12)17(23)20-15(11-22)13-5-3-2-4-6-13/h2-10,15,22H,11H2,1H3,(H,20,23). The average molecular weight is 323 g/mol. The van der Waals surface area contributed by atoms with Crippen molar-refractivity contribution in [2.45, 2.75) is 13.0 Å². The number of aliphatic hydroxyl groups is 1. The second kappa shape index (κ2) is 6.64. The molecule has 0 radical (unpaired) electrons. The molecule has 0 bridgehead atoms. The van der Waals surface area contributed by atoms with Gasteiger partial charge in [-0.1, -0.05) is 36.4 Å². The van der Waals surface area contributed by atoms with Crippen molar-refractivity contribution in [3.63, 3.8) is 0 Å². The van der Waals surface area contributed by atoms with E-state index in [9.17, 15) is 14.7 Å². The van der Waals surface area contributed by atoms with Crippen molar-refractivity contribution in [3.05, 3.63) is 81.9 Å². The summed E-state index contributed by atoms with van der Waals surface area (Å²) in [6.45, 7) is 1.59. The molecule has 0 aliphatic rings. The number of benzene rings is 1. The Morgan fingerprint density at radius 1 is 1.25 bits per heavy atom. The number of carbonyl (C=O) groups excluding carboxylic acids is 1. The summed E-state index contributed by atoms with van der Waals surface area (Å²) in [5, 5.41) is 12.2. The van der Waals surface area contributed by atoms with Crippen LogP contribution in [0.1, 0.15) is 27.5 Å². The third kappa shape index (κ3) is 3.04. The number of aromatic nitrogens is 2. The minimum Gasteiger partial charge on any atom is -0.394 e. The molecule has 3 aromatic rings. The highest BCUT2D eigenvalue weighted by Crippen LogP contribution is 2.12. The molecule has 122 valence electrons. The van der Waals surface area contributed by atoms with Crippen molar-refractivity contribution in [2.75, 3.05) is 6.61 Å². The Hall–Kier alpha value is -2.99. The summed E-state index contributed by atoms with van der Waals surface area (Å²) in [5.74, 6) is -0.564. The minimum absolute atomic E-state index is 0.0625. The van der Waals surface area contributed by atoms with Crippen LogP contribution in [0.4, 0.5) is 0 Å². The lowest BCUT2D eigenvalue weighted by atomic mass is 10.1. The fourth-order valence-corrected chi connectivity index (χ4v) is 2.49. The van der Waals surface area contributed by atoms with Gasteiger partial charge in [0.15, 0.2) is 0 Å². The Bertz CT molecular complexity index is 935. The zero-order valence-electron chi connectivity index (χ0n) is 13.1. The number of aliphatic hydroxyl groups excluding tert-OH is 1. The van der Waals surface area contributed by atoms with E-state index in [0.717, 1.165) is 11.1 Å². The monoisotopic (exact) mass is 323 g/mol.